The van der Waals surface area contributed by atoms with E-state index >= 15 is 0 Å². The minimum absolute atomic E-state index is 0.328. The highest BCUT2D eigenvalue weighted by Gasteiger charge is 2.77. The van der Waals surface area contributed by atoms with E-state index in [4.69, 9.17) is 0 Å². The predicted molar refractivity (Wildman–Crippen MR) is 81.3 cm³/mol. The van der Waals surface area contributed by atoms with Crippen LogP contribution in [0.2, 0.25) is 0 Å². The summed E-state index contributed by atoms with van der Waals surface area (Å²) in [5.74, 6) is -1.62. The minimum atomic E-state index is -1.93. The number of rotatable bonds is 1. The van der Waals surface area contributed by atoms with E-state index in [0.717, 1.165) is 0 Å². The Morgan fingerprint density at radius 1 is 1.17 bits per heavy atom. The van der Waals surface area contributed by atoms with Crippen molar-refractivity contribution in [3.63, 3.8) is 0 Å². The summed E-state index contributed by atoms with van der Waals surface area (Å²) >= 11 is 3.38. The van der Waals surface area contributed by atoms with Gasteiger partial charge in [0.2, 0.25) is 5.91 Å². The highest BCUT2D eigenvalue weighted by molar-refractivity contribution is 9.09. The van der Waals surface area contributed by atoms with Crippen molar-refractivity contribution in [3.8, 4) is 18.2 Å². The molecule has 0 radical (unpaired) electrons. The number of aliphatic hydroxyl groups is 1. The molecule has 1 saturated carbocycles. The zero-order chi connectivity index (χ0) is 16.9. The van der Waals surface area contributed by atoms with Crippen LogP contribution in [0, 0.1) is 44.8 Å². The van der Waals surface area contributed by atoms with E-state index in [0.29, 0.717) is 5.56 Å². The van der Waals surface area contributed by atoms with Crippen molar-refractivity contribution in [2.75, 3.05) is 0 Å². The summed E-state index contributed by atoms with van der Waals surface area (Å²) in [4.78, 5) is 12.0. The van der Waals surface area contributed by atoms with Crippen LogP contribution >= 0.6 is 15.9 Å². The van der Waals surface area contributed by atoms with Crippen LogP contribution in [0.3, 0.4) is 0 Å². The van der Waals surface area contributed by atoms with Crippen LogP contribution in [-0.4, -0.2) is 21.6 Å². The fourth-order valence-corrected chi connectivity index (χ4v) is 4.70. The number of benzene rings is 1. The highest BCUT2D eigenvalue weighted by atomic mass is 79.9. The zero-order valence-electron chi connectivity index (χ0n) is 11.8. The number of fused-ring (bicyclic) bond motifs is 3. The van der Waals surface area contributed by atoms with Gasteiger partial charge in [0.1, 0.15) is 0 Å². The molecule has 2 saturated heterocycles. The predicted octanol–water partition coefficient (Wildman–Crippen LogP) is 1.30. The molecule has 0 spiro atoms. The average Bonchev–Trinajstić information content (AvgIpc) is 2.56. The summed E-state index contributed by atoms with van der Waals surface area (Å²) in [5.41, 5.74) is -5.00. The second kappa shape index (κ2) is 4.80. The van der Waals surface area contributed by atoms with Gasteiger partial charge < -0.3 is 10.4 Å². The zero-order valence-corrected chi connectivity index (χ0v) is 13.4. The topological polar surface area (TPSA) is 121 Å². The van der Waals surface area contributed by atoms with Crippen LogP contribution < -0.4 is 5.32 Å². The number of nitrogens with one attached hydrogen (secondary N) is 1. The lowest BCUT2D eigenvalue weighted by Crippen LogP contribution is -2.77. The second-order valence-corrected chi connectivity index (χ2v) is 6.88. The summed E-state index contributed by atoms with van der Waals surface area (Å²) in [5, 5.41) is 42.3. The Kier molecular flexibility index (Phi) is 3.23. The van der Waals surface area contributed by atoms with E-state index in [1.807, 2.05) is 18.2 Å². The number of carbonyl (C=O) groups excluding carboxylic acids is 1. The molecule has 1 aromatic carbocycles. The van der Waals surface area contributed by atoms with Gasteiger partial charge in [0.05, 0.1) is 23.0 Å². The quantitative estimate of drug-likeness (QED) is 0.721. The molecule has 7 heteroatoms. The molecule has 2 aliphatic heterocycles. The van der Waals surface area contributed by atoms with E-state index < -0.39 is 33.2 Å². The van der Waals surface area contributed by atoms with Crippen molar-refractivity contribution in [1.29, 1.82) is 15.8 Å². The molecule has 23 heavy (non-hydrogen) atoms. The molecular formula is C16H11BrN4O2. The van der Waals surface area contributed by atoms with E-state index in [1.54, 1.807) is 30.3 Å². The molecule has 1 aliphatic carbocycles. The molecule has 0 aromatic heterocycles. The Bertz CT molecular complexity index is 792. The Morgan fingerprint density at radius 3 is 2.30 bits per heavy atom. The van der Waals surface area contributed by atoms with Gasteiger partial charge in [-0.05, 0) is 5.56 Å². The van der Waals surface area contributed by atoms with Crippen molar-refractivity contribution < 1.29 is 9.90 Å². The molecule has 114 valence electrons. The number of alkyl halides is 1. The SMILES string of the molecule is N#CC1(C#N)C[C@]2(O)NC(=O)[C@]1(C#N)[C@@H](c1ccccc1)[C@H]2Br. The molecule has 1 amide bonds. The number of nitriles is 3. The Balaban J connectivity index is 2.36. The summed E-state index contributed by atoms with van der Waals surface area (Å²) < 4.78 is 0. The molecule has 6 nitrogen and oxygen atoms in total. The van der Waals surface area contributed by atoms with Crippen LogP contribution in [0.4, 0.5) is 0 Å². The molecular weight excluding hydrogens is 360 g/mol. The number of nitrogens with zero attached hydrogens (tertiary/aromatic N) is 3. The molecule has 0 unspecified atom stereocenters. The fourth-order valence-electron chi connectivity index (χ4n) is 3.72. The van der Waals surface area contributed by atoms with E-state index in [-0.39, 0.29) is 6.42 Å². The van der Waals surface area contributed by atoms with Crippen molar-refractivity contribution in [3.05, 3.63) is 35.9 Å². The first-order valence-corrected chi connectivity index (χ1v) is 7.80. The third kappa shape index (κ3) is 1.65. The largest absolute Gasteiger partial charge is 0.370 e. The van der Waals surface area contributed by atoms with Gasteiger partial charge >= 0.3 is 0 Å². The number of amides is 1. The first kappa shape index (κ1) is 15.5. The van der Waals surface area contributed by atoms with Crippen LogP contribution in [0.15, 0.2) is 30.3 Å². The van der Waals surface area contributed by atoms with Gasteiger partial charge in [-0.3, -0.25) is 4.79 Å². The van der Waals surface area contributed by atoms with Crippen molar-refractivity contribution in [1.82, 2.24) is 5.32 Å². The molecule has 3 aliphatic rings. The first-order chi connectivity index (χ1) is 10.9. The molecule has 3 fully saturated rings. The van der Waals surface area contributed by atoms with E-state index in [1.165, 1.54) is 0 Å². The third-order valence-electron chi connectivity index (χ3n) is 4.83. The smallest absolute Gasteiger partial charge is 0.246 e. The fraction of sp³-hybridized carbons (Fsp3) is 0.375. The van der Waals surface area contributed by atoms with E-state index in [2.05, 4.69) is 21.2 Å². The molecule has 2 heterocycles. The Hall–Kier alpha value is -2.40. The molecule has 2 N–H and O–H groups in total. The average molecular weight is 371 g/mol. The van der Waals surface area contributed by atoms with Gasteiger partial charge in [0, 0.05) is 12.3 Å². The number of halogens is 1. The van der Waals surface area contributed by atoms with Gasteiger partial charge in [0.25, 0.3) is 0 Å². The molecule has 4 rings (SSSR count). The van der Waals surface area contributed by atoms with Crippen LogP contribution in [-0.2, 0) is 4.79 Å². The van der Waals surface area contributed by atoms with Crippen molar-refractivity contribution >= 4 is 21.8 Å². The highest BCUT2D eigenvalue weighted by Crippen LogP contribution is 2.64. The summed E-state index contributed by atoms with van der Waals surface area (Å²) in [7, 11) is 0. The molecule has 1 aromatic rings. The van der Waals surface area contributed by atoms with Crippen LogP contribution in [0.1, 0.15) is 17.9 Å². The number of piperidine rings is 2. The lowest BCUT2D eigenvalue weighted by Gasteiger charge is -2.59. The summed E-state index contributed by atoms with van der Waals surface area (Å²) in [6, 6.07) is 14.3. The standard InChI is InChI=1S/C16H11BrN4O2/c17-12-11(10-4-2-1-3-5-10)15(9-20)13(22)21-16(12,23)6-14(15,7-18)8-19/h1-5,11-12,23H,6H2,(H,21,22)/t11-,12+,15-,16+/m0/s1. The lowest BCUT2D eigenvalue weighted by molar-refractivity contribution is -0.172. The van der Waals surface area contributed by atoms with Gasteiger partial charge in [-0.25, -0.2) is 0 Å². The Morgan fingerprint density at radius 2 is 1.78 bits per heavy atom. The number of hydrogen-bond donors (Lipinski definition) is 2. The van der Waals surface area contributed by atoms with Gasteiger partial charge in [0.15, 0.2) is 16.6 Å². The maximum atomic E-state index is 12.7. The third-order valence-corrected chi connectivity index (χ3v) is 6.11. The lowest BCUT2D eigenvalue weighted by atomic mass is 9.47. The first-order valence-electron chi connectivity index (χ1n) is 6.88. The Labute approximate surface area is 141 Å². The maximum absolute atomic E-state index is 12.7. The van der Waals surface area contributed by atoms with Crippen LogP contribution in [0.25, 0.3) is 0 Å². The second-order valence-electron chi connectivity index (χ2n) is 5.89. The molecule has 2 bridgehead atoms. The van der Waals surface area contributed by atoms with Gasteiger partial charge in [-0.1, -0.05) is 46.3 Å². The number of carbonyl (C=O) groups is 1. The van der Waals surface area contributed by atoms with Crippen LogP contribution in [0.5, 0.6) is 0 Å². The summed E-state index contributed by atoms with van der Waals surface area (Å²) in [6.07, 6.45) is -0.328. The van der Waals surface area contributed by atoms with Gasteiger partial charge in [-0.2, -0.15) is 15.8 Å². The summed E-state index contributed by atoms with van der Waals surface area (Å²) in [6.45, 7) is 0. The number of hydrogen-bond acceptors (Lipinski definition) is 5. The normalized spacial score (nSPS) is 37.1. The van der Waals surface area contributed by atoms with Gasteiger partial charge in [-0.15, -0.1) is 0 Å². The van der Waals surface area contributed by atoms with Crippen molar-refractivity contribution in [2.24, 2.45) is 10.8 Å². The maximum Gasteiger partial charge on any atom is 0.246 e. The molecule has 4 atom stereocenters. The van der Waals surface area contributed by atoms with Crippen molar-refractivity contribution in [2.45, 2.75) is 22.9 Å². The van der Waals surface area contributed by atoms with E-state index in [9.17, 15) is 25.7 Å². The monoisotopic (exact) mass is 370 g/mol. The minimum Gasteiger partial charge on any atom is -0.370 e.